The zero-order chi connectivity index (χ0) is 18.4. The Morgan fingerprint density at radius 3 is 2.64 bits per heavy atom. The van der Waals surface area contributed by atoms with Crippen molar-refractivity contribution in [2.75, 3.05) is 11.9 Å². The number of anilines is 1. The van der Waals surface area contributed by atoms with Crippen LogP contribution in [0.5, 0.6) is 5.75 Å². The van der Waals surface area contributed by atoms with Gasteiger partial charge in [-0.15, -0.1) is 0 Å². The van der Waals surface area contributed by atoms with E-state index in [1.165, 1.54) is 0 Å². The van der Waals surface area contributed by atoms with Crippen LogP contribution < -0.4 is 15.4 Å². The van der Waals surface area contributed by atoms with E-state index in [1.807, 2.05) is 19.9 Å². The van der Waals surface area contributed by atoms with E-state index in [0.717, 1.165) is 0 Å². The van der Waals surface area contributed by atoms with Crippen molar-refractivity contribution in [3.05, 3.63) is 58.1 Å². The number of amides is 1. The van der Waals surface area contributed by atoms with Gasteiger partial charge in [-0.25, -0.2) is 0 Å². The van der Waals surface area contributed by atoms with Crippen LogP contribution in [0.1, 0.15) is 24.2 Å². The highest BCUT2D eigenvalue weighted by molar-refractivity contribution is 7.80. The Balaban J connectivity index is 2.06. The van der Waals surface area contributed by atoms with Crippen LogP contribution in [0.2, 0.25) is 10.0 Å². The van der Waals surface area contributed by atoms with Gasteiger partial charge >= 0.3 is 0 Å². The SMILES string of the molecule is CC(C)COc1ccccc1C(=O)NC(=S)Nc1cc(Cl)ccc1Cl. The van der Waals surface area contributed by atoms with Crippen LogP contribution in [0.3, 0.4) is 0 Å². The zero-order valence-corrected chi connectivity index (χ0v) is 16.1. The molecule has 0 aromatic heterocycles. The van der Waals surface area contributed by atoms with Gasteiger partial charge in [0.25, 0.3) is 5.91 Å². The van der Waals surface area contributed by atoms with Gasteiger partial charge in [0.05, 0.1) is 22.9 Å². The van der Waals surface area contributed by atoms with Gasteiger partial charge in [0.15, 0.2) is 5.11 Å². The Morgan fingerprint density at radius 2 is 1.92 bits per heavy atom. The molecule has 0 heterocycles. The largest absolute Gasteiger partial charge is 0.492 e. The van der Waals surface area contributed by atoms with Crippen LogP contribution in [0, 0.1) is 5.92 Å². The van der Waals surface area contributed by atoms with Crippen LogP contribution in [0.4, 0.5) is 5.69 Å². The standard InChI is InChI=1S/C18H18Cl2N2O2S/c1-11(2)10-24-16-6-4-3-5-13(16)17(23)22-18(25)21-15-9-12(19)7-8-14(15)20/h3-9,11H,10H2,1-2H3,(H2,21,22,23,25). The summed E-state index contributed by atoms with van der Waals surface area (Å²) in [5.41, 5.74) is 0.924. The maximum atomic E-state index is 12.5. The molecule has 0 spiro atoms. The third kappa shape index (κ3) is 5.88. The molecule has 0 atom stereocenters. The van der Waals surface area contributed by atoms with Crippen LogP contribution in [0.25, 0.3) is 0 Å². The molecule has 132 valence electrons. The van der Waals surface area contributed by atoms with Gasteiger partial charge in [-0.1, -0.05) is 49.2 Å². The van der Waals surface area contributed by atoms with E-state index in [2.05, 4.69) is 10.6 Å². The Hall–Kier alpha value is -1.82. The number of rotatable bonds is 5. The minimum absolute atomic E-state index is 0.118. The number of ether oxygens (including phenoxy) is 1. The maximum absolute atomic E-state index is 12.5. The van der Waals surface area contributed by atoms with Gasteiger partial charge in [-0.05, 0) is 48.5 Å². The number of carbonyl (C=O) groups excluding carboxylic acids is 1. The molecule has 2 N–H and O–H groups in total. The highest BCUT2D eigenvalue weighted by atomic mass is 35.5. The first-order valence-corrected chi connectivity index (χ1v) is 8.82. The number of nitrogens with one attached hydrogen (secondary N) is 2. The summed E-state index contributed by atoms with van der Waals surface area (Å²) in [5, 5.41) is 6.55. The molecule has 2 rings (SSSR count). The smallest absolute Gasteiger partial charge is 0.261 e. The van der Waals surface area contributed by atoms with Crippen molar-refractivity contribution in [3.8, 4) is 5.75 Å². The van der Waals surface area contributed by atoms with E-state index in [4.69, 9.17) is 40.2 Å². The fourth-order valence-electron chi connectivity index (χ4n) is 1.95. The fourth-order valence-corrected chi connectivity index (χ4v) is 2.49. The lowest BCUT2D eigenvalue weighted by molar-refractivity contribution is 0.0973. The summed E-state index contributed by atoms with van der Waals surface area (Å²) in [6.45, 7) is 4.60. The summed E-state index contributed by atoms with van der Waals surface area (Å²) in [6.07, 6.45) is 0. The maximum Gasteiger partial charge on any atom is 0.261 e. The third-order valence-corrected chi connectivity index (χ3v) is 3.88. The second-order valence-corrected chi connectivity index (χ2v) is 6.99. The number of halogens is 2. The van der Waals surface area contributed by atoms with E-state index in [-0.39, 0.29) is 11.0 Å². The average Bonchev–Trinajstić information content (AvgIpc) is 2.56. The summed E-state index contributed by atoms with van der Waals surface area (Å²) < 4.78 is 5.69. The molecule has 25 heavy (non-hydrogen) atoms. The molecule has 0 saturated carbocycles. The first kappa shape index (κ1) is 19.5. The summed E-state index contributed by atoms with van der Waals surface area (Å²) in [5.74, 6) is 0.496. The van der Waals surface area contributed by atoms with Crippen molar-refractivity contribution in [2.45, 2.75) is 13.8 Å². The van der Waals surface area contributed by atoms with Crippen molar-refractivity contribution in [1.82, 2.24) is 5.32 Å². The summed E-state index contributed by atoms with van der Waals surface area (Å²) in [7, 11) is 0. The minimum atomic E-state index is -0.366. The van der Waals surface area contributed by atoms with Crippen LogP contribution in [-0.2, 0) is 0 Å². The lowest BCUT2D eigenvalue weighted by Gasteiger charge is -2.14. The number of thiocarbonyl (C=S) groups is 1. The van der Waals surface area contributed by atoms with Gasteiger partial charge < -0.3 is 10.1 Å². The topological polar surface area (TPSA) is 50.4 Å². The number of hydrogen-bond acceptors (Lipinski definition) is 3. The lowest BCUT2D eigenvalue weighted by atomic mass is 10.2. The Kier molecular flexibility index (Phi) is 7.05. The monoisotopic (exact) mass is 396 g/mol. The fraction of sp³-hybridized carbons (Fsp3) is 0.222. The number of benzene rings is 2. The molecular formula is C18H18Cl2N2O2S. The molecule has 0 saturated heterocycles. The van der Waals surface area contributed by atoms with Crippen molar-refractivity contribution < 1.29 is 9.53 Å². The highest BCUT2D eigenvalue weighted by Gasteiger charge is 2.14. The van der Waals surface area contributed by atoms with Gasteiger partial charge in [0.1, 0.15) is 5.75 Å². The van der Waals surface area contributed by atoms with E-state index in [0.29, 0.717) is 39.6 Å². The summed E-state index contributed by atoms with van der Waals surface area (Å²) >= 11 is 17.2. The number of para-hydroxylation sites is 1. The number of carbonyl (C=O) groups is 1. The molecule has 0 radical (unpaired) electrons. The normalized spacial score (nSPS) is 10.4. The van der Waals surface area contributed by atoms with Crippen LogP contribution in [0.15, 0.2) is 42.5 Å². The Bertz CT molecular complexity index is 781. The molecule has 0 bridgehead atoms. The molecule has 0 unspecified atom stereocenters. The van der Waals surface area contributed by atoms with Gasteiger partial charge in [0, 0.05) is 5.02 Å². The molecule has 2 aromatic rings. The zero-order valence-electron chi connectivity index (χ0n) is 13.8. The highest BCUT2D eigenvalue weighted by Crippen LogP contribution is 2.25. The van der Waals surface area contributed by atoms with Crippen molar-refractivity contribution in [2.24, 2.45) is 5.92 Å². The Labute approximate surface area is 162 Å². The van der Waals surface area contributed by atoms with E-state index < -0.39 is 0 Å². The molecule has 4 nitrogen and oxygen atoms in total. The van der Waals surface area contributed by atoms with Gasteiger partial charge in [-0.2, -0.15) is 0 Å². The van der Waals surface area contributed by atoms with E-state index in [1.54, 1.807) is 36.4 Å². The van der Waals surface area contributed by atoms with Crippen LogP contribution >= 0.6 is 35.4 Å². The van der Waals surface area contributed by atoms with E-state index >= 15 is 0 Å². The molecular weight excluding hydrogens is 379 g/mol. The molecule has 0 aliphatic rings. The second kappa shape index (κ2) is 9.04. The Morgan fingerprint density at radius 1 is 1.20 bits per heavy atom. The molecule has 2 aromatic carbocycles. The molecule has 0 fully saturated rings. The summed E-state index contributed by atoms with van der Waals surface area (Å²) in [4.78, 5) is 12.5. The van der Waals surface area contributed by atoms with Crippen molar-refractivity contribution in [3.63, 3.8) is 0 Å². The quantitative estimate of drug-likeness (QED) is 0.685. The first-order valence-electron chi connectivity index (χ1n) is 7.66. The molecule has 0 aliphatic carbocycles. The van der Waals surface area contributed by atoms with Crippen molar-refractivity contribution >= 4 is 52.1 Å². The molecule has 0 aliphatic heterocycles. The second-order valence-electron chi connectivity index (χ2n) is 5.73. The van der Waals surface area contributed by atoms with Crippen LogP contribution in [-0.4, -0.2) is 17.6 Å². The predicted octanol–water partition coefficient (Wildman–Crippen LogP) is 5.16. The summed E-state index contributed by atoms with van der Waals surface area (Å²) in [6, 6.07) is 11.9. The molecule has 1 amide bonds. The van der Waals surface area contributed by atoms with Crippen molar-refractivity contribution in [1.29, 1.82) is 0 Å². The molecule has 7 heteroatoms. The average molecular weight is 397 g/mol. The first-order chi connectivity index (χ1) is 11.9. The lowest BCUT2D eigenvalue weighted by Crippen LogP contribution is -2.34. The minimum Gasteiger partial charge on any atom is -0.492 e. The van der Waals surface area contributed by atoms with Gasteiger partial charge in [0.2, 0.25) is 0 Å². The predicted molar refractivity (Wildman–Crippen MR) is 107 cm³/mol. The third-order valence-electron chi connectivity index (χ3n) is 3.11. The van der Waals surface area contributed by atoms with E-state index in [9.17, 15) is 4.79 Å². The number of hydrogen-bond donors (Lipinski definition) is 2. The van der Waals surface area contributed by atoms with Gasteiger partial charge in [-0.3, -0.25) is 10.1 Å².